The van der Waals surface area contributed by atoms with Crippen LogP contribution in [-0.4, -0.2) is 16.5 Å². The smallest absolute Gasteiger partial charge is 0.347 e. The zero-order valence-corrected chi connectivity index (χ0v) is 14.7. The van der Waals surface area contributed by atoms with E-state index in [1.807, 2.05) is 71.7 Å². The molecule has 26 heavy (non-hydrogen) atoms. The van der Waals surface area contributed by atoms with Crippen molar-refractivity contribution in [3.8, 4) is 0 Å². The molecule has 0 radical (unpaired) electrons. The van der Waals surface area contributed by atoms with Crippen molar-refractivity contribution in [1.29, 1.82) is 0 Å². The van der Waals surface area contributed by atoms with Gasteiger partial charge in [-0.25, -0.2) is 9.59 Å². The summed E-state index contributed by atoms with van der Waals surface area (Å²) in [6.45, 7) is 0. The zero-order chi connectivity index (χ0) is 17.8. The fraction of sp³-hybridized carbons (Fsp3) is 0.0476. The number of benzene rings is 2. The van der Waals surface area contributed by atoms with Crippen molar-refractivity contribution in [2.75, 3.05) is 0 Å². The number of para-hydroxylation sites is 1. The van der Waals surface area contributed by atoms with E-state index in [0.29, 0.717) is 11.1 Å². The molecule has 0 amide bonds. The van der Waals surface area contributed by atoms with Gasteiger partial charge in [-0.05, 0) is 12.1 Å². The first-order valence-electron chi connectivity index (χ1n) is 8.17. The number of cyclic esters (lactones) is 2. The Labute approximate surface area is 152 Å². The predicted molar refractivity (Wildman–Crippen MR) is 103 cm³/mol. The fourth-order valence-electron chi connectivity index (χ4n) is 3.59. The van der Waals surface area contributed by atoms with Crippen LogP contribution in [-0.2, 0) is 21.4 Å². The Kier molecular flexibility index (Phi) is 3.14. The summed E-state index contributed by atoms with van der Waals surface area (Å²) < 4.78 is 8.04. The molecule has 0 N–H and O–H groups in total. The number of aromatic nitrogens is 1. The van der Waals surface area contributed by atoms with Gasteiger partial charge in [0.25, 0.3) is 0 Å². The van der Waals surface area contributed by atoms with Crippen LogP contribution in [0.1, 0.15) is 11.1 Å². The first-order valence-corrected chi connectivity index (χ1v) is 9.05. The van der Waals surface area contributed by atoms with E-state index in [0.717, 1.165) is 32.1 Å². The highest BCUT2D eigenvalue weighted by atomic mass is 32.1. The van der Waals surface area contributed by atoms with E-state index in [-0.39, 0.29) is 0 Å². The van der Waals surface area contributed by atoms with Gasteiger partial charge in [0.1, 0.15) is 0 Å². The van der Waals surface area contributed by atoms with Crippen molar-refractivity contribution in [1.82, 2.24) is 4.57 Å². The van der Waals surface area contributed by atoms with Crippen molar-refractivity contribution in [2.24, 2.45) is 7.05 Å². The molecule has 5 rings (SSSR count). The highest BCUT2D eigenvalue weighted by Crippen LogP contribution is 2.41. The van der Waals surface area contributed by atoms with Crippen LogP contribution in [0.15, 0.2) is 60.1 Å². The van der Waals surface area contributed by atoms with Crippen molar-refractivity contribution in [3.05, 3.63) is 71.2 Å². The average molecular weight is 359 g/mol. The fourth-order valence-corrected chi connectivity index (χ4v) is 4.54. The molecule has 2 aromatic carbocycles. The second-order valence-electron chi connectivity index (χ2n) is 6.24. The van der Waals surface area contributed by atoms with Crippen LogP contribution in [0.5, 0.6) is 0 Å². The lowest BCUT2D eigenvalue weighted by atomic mass is 9.95. The maximum atomic E-state index is 12.6. The quantitative estimate of drug-likeness (QED) is 0.394. The Hall–Kier alpha value is -3.18. The van der Waals surface area contributed by atoms with Gasteiger partial charge in [0.2, 0.25) is 0 Å². The molecular weight excluding hydrogens is 346 g/mol. The molecule has 0 aliphatic carbocycles. The Morgan fingerprint density at radius 1 is 0.846 bits per heavy atom. The van der Waals surface area contributed by atoms with Crippen molar-refractivity contribution in [3.63, 3.8) is 0 Å². The van der Waals surface area contributed by atoms with Crippen LogP contribution < -0.4 is 0 Å². The lowest BCUT2D eigenvalue weighted by molar-refractivity contribution is -0.149. The number of esters is 2. The minimum Gasteiger partial charge on any atom is -0.386 e. The zero-order valence-electron chi connectivity index (χ0n) is 13.9. The second-order valence-corrected chi connectivity index (χ2v) is 7.15. The molecule has 5 heteroatoms. The van der Waals surface area contributed by atoms with E-state index in [1.165, 1.54) is 0 Å². The number of ether oxygens (including phenoxy) is 1. The third-order valence-corrected chi connectivity index (χ3v) is 5.72. The monoisotopic (exact) mass is 359 g/mol. The summed E-state index contributed by atoms with van der Waals surface area (Å²) in [5.74, 6) is -1.17. The molecule has 0 fully saturated rings. The standard InChI is InChI=1S/C21H13NO3S/c1-22-10-14(12-6-2-4-8-16(12)22)18-19(21(24)25-20(18)23)15-11-26-17-9-5-3-7-13(15)17/h2-11H,1H3. The van der Waals surface area contributed by atoms with Gasteiger partial charge in [-0.15, -0.1) is 11.3 Å². The molecule has 0 unspecified atom stereocenters. The molecule has 1 aliphatic heterocycles. The predicted octanol–water partition coefficient (Wildman–Crippen LogP) is 4.39. The lowest BCUT2D eigenvalue weighted by Crippen LogP contribution is -2.01. The maximum absolute atomic E-state index is 12.6. The summed E-state index contributed by atoms with van der Waals surface area (Å²) in [4.78, 5) is 25.1. The van der Waals surface area contributed by atoms with Crippen LogP contribution in [0.4, 0.5) is 0 Å². The van der Waals surface area contributed by atoms with Gasteiger partial charge in [-0.2, -0.15) is 0 Å². The summed E-state index contributed by atoms with van der Waals surface area (Å²) in [6, 6.07) is 15.7. The molecule has 3 heterocycles. The Morgan fingerprint density at radius 2 is 1.50 bits per heavy atom. The third-order valence-electron chi connectivity index (χ3n) is 4.76. The number of thiophene rings is 1. The van der Waals surface area contributed by atoms with Gasteiger partial charge in [0.05, 0.1) is 11.1 Å². The summed E-state index contributed by atoms with van der Waals surface area (Å²) in [5, 5.41) is 3.80. The first-order chi connectivity index (χ1) is 12.6. The number of hydrogen-bond donors (Lipinski definition) is 0. The molecule has 2 aromatic heterocycles. The summed E-state index contributed by atoms with van der Waals surface area (Å²) >= 11 is 1.55. The van der Waals surface area contributed by atoms with Crippen LogP contribution in [0.2, 0.25) is 0 Å². The molecule has 0 saturated heterocycles. The van der Waals surface area contributed by atoms with Gasteiger partial charge in [-0.1, -0.05) is 36.4 Å². The van der Waals surface area contributed by atoms with Crippen LogP contribution in [0, 0.1) is 0 Å². The second kappa shape index (κ2) is 5.41. The Bertz CT molecular complexity index is 1260. The number of nitrogens with zero attached hydrogens (tertiary/aromatic N) is 1. The number of fused-ring (bicyclic) bond motifs is 2. The van der Waals surface area contributed by atoms with E-state index in [9.17, 15) is 9.59 Å². The summed E-state index contributed by atoms with van der Waals surface area (Å²) in [7, 11) is 1.92. The third kappa shape index (κ3) is 2.01. The molecule has 0 spiro atoms. The summed E-state index contributed by atoms with van der Waals surface area (Å²) in [5.41, 5.74) is 3.17. The van der Waals surface area contributed by atoms with Crippen LogP contribution in [0.3, 0.4) is 0 Å². The first kappa shape index (κ1) is 15.1. The normalized spacial score (nSPS) is 14.7. The van der Waals surface area contributed by atoms with Gasteiger partial charge in [0, 0.05) is 50.7 Å². The van der Waals surface area contributed by atoms with Crippen molar-refractivity contribution in [2.45, 2.75) is 0 Å². The van der Waals surface area contributed by atoms with Gasteiger partial charge in [0.15, 0.2) is 0 Å². The van der Waals surface area contributed by atoms with Crippen LogP contribution >= 0.6 is 11.3 Å². The Balaban J connectivity index is 1.87. The van der Waals surface area contributed by atoms with Gasteiger partial charge < -0.3 is 9.30 Å². The highest BCUT2D eigenvalue weighted by molar-refractivity contribution is 7.17. The van der Waals surface area contributed by atoms with E-state index < -0.39 is 11.9 Å². The highest BCUT2D eigenvalue weighted by Gasteiger charge is 2.37. The molecule has 126 valence electrons. The minimum absolute atomic E-state index is 0.343. The number of rotatable bonds is 2. The number of carbonyl (C=O) groups excluding carboxylic acids is 2. The maximum Gasteiger partial charge on any atom is 0.347 e. The van der Waals surface area contributed by atoms with E-state index in [2.05, 4.69) is 0 Å². The van der Waals surface area contributed by atoms with Gasteiger partial charge >= 0.3 is 11.9 Å². The largest absolute Gasteiger partial charge is 0.386 e. The molecule has 4 aromatic rings. The molecule has 0 atom stereocenters. The topological polar surface area (TPSA) is 48.3 Å². The van der Waals surface area contributed by atoms with Gasteiger partial charge in [-0.3, -0.25) is 0 Å². The molecular formula is C21H13NO3S. The molecule has 1 aliphatic rings. The minimum atomic E-state index is -0.586. The molecule has 0 saturated carbocycles. The molecule has 4 nitrogen and oxygen atoms in total. The summed E-state index contributed by atoms with van der Waals surface area (Å²) in [6.07, 6.45) is 1.88. The lowest BCUT2D eigenvalue weighted by Gasteiger charge is -2.01. The average Bonchev–Trinajstić information content (AvgIpc) is 3.29. The van der Waals surface area contributed by atoms with Crippen molar-refractivity contribution >= 4 is 55.4 Å². The number of aryl methyl sites for hydroxylation is 1. The van der Waals surface area contributed by atoms with E-state index in [1.54, 1.807) is 11.3 Å². The van der Waals surface area contributed by atoms with Crippen molar-refractivity contribution < 1.29 is 14.3 Å². The van der Waals surface area contributed by atoms with Crippen LogP contribution in [0.25, 0.3) is 32.1 Å². The van der Waals surface area contributed by atoms with E-state index >= 15 is 0 Å². The Morgan fingerprint density at radius 3 is 2.31 bits per heavy atom. The SMILES string of the molecule is Cn1cc(C2=C(c3csc4ccccc34)C(=O)OC2=O)c2ccccc21. The van der Waals surface area contributed by atoms with E-state index in [4.69, 9.17) is 4.74 Å². The number of hydrogen-bond acceptors (Lipinski definition) is 4. The number of carbonyl (C=O) groups is 2. The molecule has 0 bridgehead atoms.